The van der Waals surface area contributed by atoms with Crippen molar-refractivity contribution in [3.63, 3.8) is 0 Å². The molecule has 1 fully saturated rings. The van der Waals surface area contributed by atoms with Crippen molar-refractivity contribution in [2.75, 3.05) is 13.1 Å². The summed E-state index contributed by atoms with van der Waals surface area (Å²) in [6.45, 7) is 6.51. The van der Waals surface area contributed by atoms with E-state index < -0.39 is 0 Å². The summed E-state index contributed by atoms with van der Waals surface area (Å²) in [6.07, 6.45) is 4.83. The fourth-order valence-electron chi connectivity index (χ4n) is 3.22. The number of hydrogen-bond acceptors (Lipinski definition) is 3. The Balaban J connectivity index is 1.52. The molecule has 0 aliphatic carbocycles. The molecule has 2 amide bonds. The van der Waals surface area contributed by atoms with E-state index in [-0.39, 0.29) is 18.2 Å². The molecule has 0 bridgehead atoms. The molecule has 0 saturated carbocycles. The zero-order chi connectivity index (χ0) is 17.6. The topological polar surface area (TPSA) is 59.4 Å². The maximum Gasteiger partial charge on any atom is 0.317 e. The third-order valence-corrected chi connectivity index (χ3v) is 4.39. The van der Waals surface area contributed by atoms with Gasteiger partial charge in [-0.1, -0.05) is 30.3 Å². The molecule has 1 aromatic carbocycles. The van der Waals surface area contributed by atoms with Gasteiger partial charge in [-0.2, -0.15) is 0 Å². The van der Waals surface area contributed by atoms with Crippen molar-refractivity contribution in [1.29, 1.82) is 0 Å². The average molecular weight is 342 g/mol. The summed E-state index contributed by atoms with van der Waals surface area (Å²) in [5.74, 6) is 0.874. The molecule has 1 N–H and O–H groups in total. The molecule has 0 unspecified atom stereocenters. The first-order valence-corrected chi connectivity index (χ1v) is 8.84. The van der Waals surface area contributed by atoms with Gasteiger partial charge in [0.2, 0.25) is 0 Å². The lowest BCUT2D eigenvalue weighted by molar-refractivity contribution is -0.0545. The first-order chi connectivity index (χ1) is 12.1. The Morgan fingerprint density at radius 1 is 1.24 bits per heavy atom. The van der Waals surface area contributed by atoms with E-state index >= 15 is 0 Å². The number of nitrogens with one attached hydrogen (secondary N) is 1. The lowest BCUT2D eigenvalue weighted by Crippen LogP contribution is -2.51. The van der Waals surface area contributed by atoms with Crippen LogP contribution in [0, 0.1) is 0 Å². The predicted molar refractivity (Wildman–Crippen MR) is 96.2 cm³/mol. The molecule has 2 heterocycles. The molecule has 1 aliphatic rings. The van der Waals surface area contributed by atoms with Crippen LogP contribution in [0.1, 0.15) is 25.2 Å². The Labute approximate surface area is 148 Å². The molecule has 134 valence electrons. The van der Waals surface area contributed by atoms with Gasteiger partial charge in [-0.3, -0.25) is 0 Å². The maximum atomic E-state index is 12.4. The monoisotopic (exact) mass is 342 g/mol. The largest absolute Gasteiger partial charge is 0.372 e. The van der Waals surface area contributed by atoms with Gasteiger partial charge in [0.25, 0.3) is 0 Å². The number of urea groups is 1. The summed E-state index contributed by atoms with van der Waals surface area (Å²) in [7, 11) is 0. The Morgan fingerprint density at radius 2 is 1.96 bits per heavy atom. The normalized spacial score (nSPS) is 20.5. The van der Waals surface area contributed by atoms with Crippen LogP contribution in [0.5, 0.6) is 0 Å². The maximum absolute atomic E-state index is 12.4. The Kier molecular flexibility index (Phi) is 5.71. The highest BCUT2D eigenvalue weighted by molar-refractivity contribution is 5.74. The van der Waals surface area contributed by atoms with Crippen LogP contribution in [0.15, 0.2) is 42.7 Å². The van der Waals surface area contributed by atoms with Crippen molar-refractivity contribution in [3.05, 3.63) is 54.1 Å². The third-order valence-electron chi connectivity index (χ3n) is 4.39. The van der Waals surface area contributed by atoms with Crippen molar-refractivity contribution in [2.24, 2.45) is 0 Å². The second-order valence-electron chi connectivity index (χ2n) is 6.59. The molecule has 2 atom stereocenters. The van der Waals surface area contributed by atoms with Crippen molar-refractivity contribution in [2.45, 2.75) is 45.6 Å². The van der Waals surface area contributed by atoms with E-state index in [1.54, 1.807) is 6.20 Å². The first-order valence-electron chi connectivity index (χ1n) is 8.84. The molecule has 6 heteroatoms. The summed E-state index contributed by atoms with van der Waals surface area (Å²) in [5, 5.41) is 2.98. The molecule has 25 heavy (non-hydrogen) atoms. The highest BCUT2D eigenvalue weighted by Crippen LogP contribution is 2.11. The molecular formula is C19H26N4O2. The van der Waals surface area contributed by atoms with E-state index in [0.717, 1.165) is 18.8 Å². The summed E-state index contributed by atoms with van der Waals surface area (Å²) >= 11 is 0. The number of hydrogen-bond donors (Lipinski definition) is 1. The second kappa shape index (κ2) is 8.16. The van der Waals surface area contributed by atoms with Gasteiger partial charge in [-0.15, -0.1) is 0 Å². The standard InChI is InChI=1S/C19H26N4O2/c1-15-13-23(14-16(2)25-15)19(24)21-12-18-20-9-11-22(18)10-8-17-6-4-3-5-7-17/h3-7,9,11,15-16H,8,10,12-14H2,1-2H3,(H,21,24)/t15-,16-/m0/s1. The van der Waals surface area contributed by atoms with Gasteiger partial charge in [0.15, 0.2) is 0 Å². The van der Waals surface area contributed by atoms with Crippen LogP contribution in [0.3, 0.4) is 0 Å². The van der Waals surface area contributed by atoms with E-state index in [1.165, 1.54) is 5.56 Å². The Hall–Kier alpha value is -2.34. The molecule has 0 spiro atoms. The smallest absolute Gasteiger partial charge is 0.317 e. The SMILES string of the molecule is C[C@H]1CN(C(=O)NCc2nccn2CCc2ccccc2)C[C@H](C)O1. The number of carbonyl (C=O) groups is 1. The number of benzene rings is 1. The number of morpholine rings is 1. The number of nitrogens with zero attached hydrogens (tertiary/aromatic N) is 3. The van der Waals surface area contributed by atoms with Gasteiger partial charge in [0.05, 0.1) is 18.8 Å². The number of carbonyl (C=O) groups excluding carboxylic acids is 1. The van der Waals surface area contributed by atoms with E-state index in [0.29, 0.717) is 19.6 Å². The van der Waals surface area contributed by atoms with Crippen molar-refractivity contribution in [3.8, 4) is 0 Å². The third kappa shape index (κ3) is 4.82. The number of imidazole rings is 1. The highest BCUT2D eigenvalue weighted by atomic mass is 16.5. The van der Waals surface area contributed by atoms with Crippen molar-refractivity contribution < 1.29 is 9.53 Å². The number of rotatable bonds is 5. The number of aryl methyl sites for hydroxylation is 2. The van der Waals surface area contributed by atoms with E-state index in [9.17, 15) is 4.79 Å². The van der Waals surface area contributed by atoms with Crippen LogP contribution >= 0.6 is 0 Å². The van der Waals surface area contributed by atoms with Gasteiger partial charge in [0, 0.05) is 32.0 Å². The minimum absolute atomic E-state index is 0.0559. The van der Waals surface area contributed by atoms with Gasteiger partial charge >= 0.3 is 6.03 Å². The molecular weight excluding hydrogens is 316 g/mol. The van der Waals surface area contributed by atoms with Gasteiger partial charge in [0.1, 0.15) is 5.82 Å². The van der Waals surface area contributed by atoms with Crippen molar-refractivity contribution >= 4 is 6.03 Å². The number of amides is 2. The number of aromatic nitrogens is 2. The van der Waals surface area contributed by atoms with Crippen LogP contribution in [0.4, 0.5) is 4.79 Å². The quantitative estimate of drug-likeness (QED) is 0.908. The summed E-state index contributed by atoms with van der Waals surface area (Å²) in [6, 6.07) is 10.3. The molecule has 1 aliphatic heterocycles. The summed E-state index contributed by atoms with van der Waals surface area (Å²) in [5.41, 5.74) is 1.29. The van der Waals surface area contributed by atoms with Crippen molar-refractivity contribution in [1.82, 2.24) is 19.8 Å². The van der Waals surface area contributed by atoms with E-state index in [2.05, 4.69) is 39.1 Å². The molecule has 1 aromatic heterocycles. The van der Waals surface area contributed by atoms with Crippen LogP contribution in [-0.4, -0.2) is 45.8 Å². The fraction of sp³-hybridized carbons (Fsp3) is 0.474. The zero-order valence-corrected chi connectivity index (χ0v) is 14.9. The summed E-state index contributed by atoms with van der Waals surface area (Å²) in [4.78, 5) is 18.6. The molecule has 2 aromatic rings. The van der Waals surface area contributed by atoms with Crippen LogP contribution in [0.2, 0.25) is 0 Å². The molecule has 1 saturated heterocycles. The summed E-state index contributed by atoms with van der Waals surface area (Å²) < 4.78 is 7.77. The van der Waals surface area contributed by atoms with Gasteiger partial charge < -0.3 is 19.5 Å². The second-order valence-corrected chi connectivity index (χ2v) is 6.59. The van der Waals surface area contributed by atoms with Crippen LogP contribution in [0.25, 0.3) is 0 Å². The first kappa shape index (κ1) is 17.5. The van der Waals surface area contributed by atoms with E-state index in [1.807, 2.05) is 31.0 Å². The zero-order valence-electron chi connectivity index (χ0n) is 14.9. The van der Waals surface area contributed by atoms with Gasteiger partial charge in [-0.25, -0.2) is 9.78 Å². The lowest BCUT2D eigenvalue weighted by Gasteiger charge is -2.35. The van der Waals surface area contributed by atoms with Crippen LogP contribution in [-0.2, 0) is 24.2 Å². The molecule has 0 radical (unpaired) electrons. The minimum Gasteiger partial charge on any atom is -0.372 e. The molecule has 3 rings (SSSR count). The molecule has 6 nitrogen and oxygen atoms in total. The van der Waals surface area contributed by atoms with Crippen LogP contribution < -0.4 is 5.32 Å². The van der Waals surface area contributed by atoms with Gasteiger partial charge in [-0.05, 0) is 25.8 Å². The van der Waals surface area contributed by atoms with E-state index in [4.69, 9.17) is 4.74 Å². The fourth-order valence-corrected chi connectivity index (χ4v) is 3.22. The Bertz CT molecular complexity index is 676. The Morgan fingerprint density at radius 3 is 2.68 bits per heavy atom. The predicted octanol–water partition coefficient (Wildman–Crippen LogP) is 2.44. The highest BCUT2D eigenvalue weighted by Gasteiger charge is 2.25. The average Bonchev–Trinajstić information content (AvgIpc) is 3.05. The number of ether oxygens (including phenoxy) is 1. The lowest BCUT2D eigenvalue weighted by atomic mass is 10.1. The minimum atomic E-state index is -0.0559.